The Kier molecular flexibility index (Phi) is 3.84. The topological polar surface area (TPSA) is 30.4 Å². The molecule has 0 radical (unpaired) electrons. The zero-order valence-corrected chi connectivity index (χ0v) is 7.70. The van der Waals surface area contributed by atoms with E-state index in [0.717, 1.165) is 5.56 Å². The number of nitrogens with two attached hydrogens (primary N) is 1. The normalized spacial score (nSPS) is 11.1. The molecule has 72 valence electrons. The van der Waals surface area contributed by atoms with Gasteiger partial charge in [0.1, 0.15) is 0 Å². The van der Waals surface area contributed by atoms with Gasteiger partial charge in [0, 0.05) is 6.54 Å². The Morgan fingerprint density at radius 3 is 2.93 bits per heavy atom. The van der Waals surface area contributed by atoms with Crippen LogP contribution in [0.15, 0.2) is 36.2 Å². The van der Waals surface area contributed by atoms with Gasteiger partial charge in [-0.1, -0.05) is 29.8 Å². The van der Waals surface area contributed by atoms with Gasteiger partial charge in [0.25, 0.3) is 0 Å². The molecule has 0 fully saturated rings. The monoisotopic (exact) mass is 190 g/mol. The average molecular weight is 190 g/mol. The van der Waals surface area contributed by atoms with Crippen LogP contribution in [0.1, 0.15) is 5.56 Å². The van der Waals surface area contributed by atoms with E-state index in [-0.39, 0.29) is 6.54 Å². The smallest absolute Gasteiger partial charge is 0.187 e. The highest BCUT2D eigenvalue weighted by Gasteiger charge is 1.99. The van der Waals surface area contributed by atoms with Crippen molar-refractivity contribution in [1.29, 1.82) is 0 Å². The van der Waals surface area contributed by atoms with Crippen LogP contribution < -0.4 is 5.73 Å². The minimum atomic E-state index is 0.207. The highest BCUT2D eigenvalue weighted by Crippen LogP contribution is 2.16. The molecule has 2 N–H and O–H groups in total. The lowest BCUT2D eigenvalue weighted by Gasteiger charge is -2.02. The quantitative estimate of drug-likeness (QED) is 0.729. The van der Waals surface area contributed by atoms with E-state index in [9.17, 15) is 4.39 Å². The maximum Gasteiger partial charge on any atom is 0.187 e. The van der Waals surface area contributed by atoms with Crippen LogP contribution in [0.3, 0.4) is 0 Å². The molecular formula is C11H11FN2. The van der Waals surface area contributed by atoms with Gasteiger partial charge < -0.3 is 5.73 Å². The Hall–Kier alpha value is -1.66. The van der Waals surface area contributed by atoms with Crippen LogP contribution in [-0.4, -0.2) is 6.54 Å². The third-order valence-corrected chi connectivity index (χ3v) is 1.89. The van der Waals surface area contributed by atoms with Crippen LogP contribution in [0.4, 0.5) is 10.1 Å². The van der Waals surface area contributed by atoms with Crippen LogP contribution in [0.5, 0.6) is 0 Å². The minimum absolute atomic E-state index is 0.207. The molecule has 0 bridgehead atoms. The van der Waals surface area contributed by atoms with Crippen molar-refractivity contribution in [1.82, 2.24) is 0 Å². The molecule has 1 aromatic rings. The van der Waals surface area contributed by atoms with Gasteiger partial charge in [-0.25, -0.2) is 9.24 Å². The van der Waals surface area contributed by atoms with Gasteiger partial charge >= 0.3 is 0 Å². The molecule has 0 aromatic heterocycles. The van der Waals surface area contributed by atoms with E-state index in [1.165, 1.54) is 0 Å². The van der Waals surface area contributed by atoms with Crippen molar-refractivity contribution in [2.24, 2.45) is 5.73 Å². The van der Waals surface area contributed by atoms with Crippen molar-refractivity contribution in [3.8, 4) is 0 Å². The first-order chi connectivity index (χ1) is 6.80. The Morgan fingerprint density at radius 1 is 1.57 bits per heavy atom. The SMILES string of the molecule is [C-]#[N+]c1cccc(C/C(=C/F)CN)c1. The molecule has 0 unspecified atom stereocenters. The molecule has 0 saturated carbocycles. The predicted octanol–water partition coefficient (Wildman–Crippen LogP) is 2.59. The molecule has 0 spiro atoms. The zero-order valence-electron chi connectivity index (χ0n) is 7.70. The summed E-state index contributed by atoms with van der Waals surface area (Å²) < 4.78 is 12.2. The molecule has 1 aromatic carbocycles. The predicted molar refractivity (Wildman–Crippen MR) is 54.7 cm³/mol. The summed E-state index contributed by atoms with van der Waals surface area (Å²) in [7, 11) is 0. The second-order valence-corrected chi connectivity index (χ2v) is 2.93. The van der Waals surface area contributed by atoms with Crippen LogP contribution in [-0.2, 0) is 6.42 Å². The number of hydrogen-bond donors (Lipinski definition) is 1. The van der Waals surface area contributed by atoms with E-state index in [1.807, 2.05) is 6.07 Å². The van der Waals surface area contributed by atoms with Gasteiger partial charge in [0.05, 0.1) is 12.9 Å². The van der Waals surface area contributed by atoms with Crippen LogP contribution in [0, 0.1) is 6.57 Å². The van der Waals surface area contributed by atoms with E-state index < -0.39 is 0 Å². The molecule has 0 aliphatic heterocycles. The first-order valence-corrected chi connectivity index (χ1v) is 4.24. The molecule has 14 heavy (non-hydrogen) atoms. The minimum Gasteiger partial charge on any atom is -0.327 e. The lowest BCUT2D eigenvalue weighted by atomic mass is 10.1. The Balaban J connectivity index is 2.82. The highest BCUT2D eigenvalue weighted by molar-refractivity contribution is 5.47. The van der Waals surface area contributed by atoms with E-state index in [2.05, 4.69) is 4.85 Å². The number of nitrogens with zero attached hydrogens (tertiary/aromatic N) is 1. The lowest BCUT2D eigenvalue weighted by Crippen LogP contribution is -2.05. The van der Waals surface area contributed by atoms with Crippen molar-refractivity contribution >= 4 is 5.69 Å². The fourth-order valence-electron chi connectivity index (χ4n) is 1.15. The first kappa shape index (κ1) is 10.4. The standard InChI is InChI=1S/C11H11FN2/c1-14-11-4-2-3-9(6-11)5-10(7-12)8-13/h2-4,6-7H,5,8,13H2/b10-7-. The van der Waals surface area contributed by atoms with E-state index in [4.69, 9.17) is 12.3 Å². The van der Waals surface area contributed by atoms with Crippen molar-refractivity contribution in [2.75, 3.05) is 6.54 Å². The molecule has 0 aliphatic rings. The summed E-state index contributed by atoms with van der Waals surface area (Å²) >= 11 is 0. The summed E-state index contributed by atoms with van der Waals surface area (Å²) in [6, 6.07) is 7.10. The molecule has 2 nitrogen and oxygen atoms in total. The third-order valence-electron chi connectivity index (χ3n) is 1.89. The van der Waals surface area contributed by atoms with E-state index in [1.54, 1.807) is 18.2 Å². The van der Waals surface area contributed by atoms with Gasteiger partial charge in [-0.05, 0) is 12.0 Å². The maximum absolute atomic E-state index is 12.2. The summed E-state index contributed by atoms with van der Waals surface area (Å²) in [6.45, 7) is 7.03. The Bertz CT molecular complexity index is 377. The number of halogens is 1. The van der Waals surface area contributed by atoms with Gasteiger partial charge in [0.15, 0.2) is 5.69 Å². The van der Waals surface area contributed by atoms with Gasteiger partial charge in [0.2, 0.25) is 0 Å². The van der Waals surface area contributed by atoms with Gasteiger partial charge in [-0.2, -0.15) is 0 Å². The largest absolute Gasteiger partial charge is 0.327 e. The number of rotatable bonds is 3. The van der Waals surface area contributed by atoms with Crippen molar-refractivity contribution < 1.29 is 4.39 Å². The number of benzene rings is 1. The molecule has 3 heteroatoms. The van der Waals surface area contributed by atoms with Gasteiger partial charge in [-0.15, -0.1) is 0 Å². The van der Waals surface area contributed by atoms with Crippen LogP contribution in [0.2, 0.25) is 0 Å². The summed E-state index contributed by atoms with van der Waals surface area (Å²) in [5.41, 5.74) is 7.34. The van der Waals surface area contributed by atoms with Gasteiger partial charge in [-0.3, -0.25) is 0 Å². The molecule has 0 amide bonds. The summed E-state index contributed by atoms with van der Waals surface area (Å²) in [5.74, 6) is 0. The van der Waals surface area contributed by atoms with Crippen LogP contribution >= 0.6 is 0 Å². The Morgan fingerprint density at radius 2 is 2.36 bits per heavy atom. The van der Waals surface area contributed by atoms with Crippen LogP contribution in [0.25, 0.3) is 4.85 Å². The van der Waals surface area contributed by atoms with Crippen molar-refractivity contribution in [3.63, 3.8) is 0 Å². The first-order valence-electron chi connectivity index (χ1n) is 4.24. The lowest BCUT2D eigenvalue weighted by molar-refractivity contribution is 0.700. The van der Waals surface area contributed by atoms with Crippen molar-refractivity contribution in [2.45, 2.75) is 6.42 Å². The second-order valence-electron chi connectivity index (χ2n) is 2.93. The number of hydrogen-bond acceptors (Lipinski definition) is 1. The Labute approximate surface area is 82.7 Å². The maximum atomic E-state index is 12.2. The average Bonchev–Trinajstić information content (AvgIpc) is 2.26. The molecule has 0 heterocycles. The summed E-state index contributed by atoms with van der Waals surface area (Å²) in [5, 5.41) is 0. The fourth-order valence-corrected chi connectivity index (χ4v) is 1.15. The van der Waals surface area contributed by atoms with E-state index >= 15 is 0 Å². The summed E-state index contributed by atoms with van der Waals surface area (Å²) in [6.07, 6.45) is 1.00. The third kappa shape index (κ3) is 2.68. The molecule has 0 aliphatic carbocycles. The molecule has 0 atom stereocenters. The highest BCUT2D eigenvalue weighted by atomic mass is 19.1. The fraction of sp³-hybridized carbons (Fsp3) is 0.182. The summed E-state index contributed by atoms with van der Waals surface area (Å²) in [4.78, 5) is 3.30. The second kappa shape index (κ2) is 5.15. The zero-order chi connectivity index (χ0) is 10.4. The van der Waals surface area contributed by atoms with Crippen molar-refractivity contribution in [3.05, 3.63) is 53.1 Å². The molecule has 1 rings (SSSR count). The molecular weight excluding hydrogens is 179 g/mol. The molecule has 0 saturated heterocycles. The van der Waals surface area contributed by atoms with E-state index in [0.29, 0.717) is 24.0 Å².